The molecule has 0 saturated carbocycles. The SMILES string of the molecule is O=[N+]([O-])[O-].[Au].[Na+]. The van der Waals surface area contributed by atoms with Gasteiger partial charge in [0.2, 0.25) is 0 Å². The summed E-state index contributed by atoms with van der Waals surface area (Å²) in [6.45, 7) is 0. The molecule has 0 N–H and O–H groups in total. The first-order valence-corrected chi connectivity index (χ1v) is 0.548. The molecule has 0 saturated heterocycles. The first-order valence-electron chi connectivity index (χ1n) is 0.548. The summed E-state index contributed by atoms with van der Waals surface area (Å²) in [5.74, 6) is 0. The Morgan fingerprint density at radius 3 is 1.33 bits per heavy atom. The fraction of sp³-hybridized carbons (Fsp3) is 0. The van der Waals surface area contributed by atoms with Crippen LogP contribution in [0.15, 0.2) is 0 Å². The third kappa shape index (κ3) is 86.8. The fourth-order valence-corrected chi connectivity index (χ4v) is 0. The Balaban J connectivity index is -0.0000000450. The summed E-state index contributed by atoms with van der Waals surface area (Å²) in [5, 5.41) is 14.8. The van der Waals surface area contributed by atoms with Crippen LogP contribution in [0.2, 0.25) is 0 Å². The van der Waals surface area contributed by atoms with E-state index in [1.807, 2.05) is 0 Å². The zero-order valence-corrected chi connectivity index (χ0v) is 7.14. The molecule has 0 aliphatic carbocycles. The van der Waals surface area contributed by atoms with Crippen molar-refractivity contribution < 1.29 is 57.0 Å². The van der Waals surface area contributed by atoms with E-state index in [-0.39, 0.29) is 51.9 Å². The van der Waals surface area contributed by atoms with Gasteiger partial charge in [-0.2, -0.15) is 0 Å². The van der Waals surface area contributed by atoms with Crippen LogP contribution < -0.4 is 29.6 Å². The monoisotopic (exact) mass is 282 g/mol. The Kier molecular flexibility index (Phi) is 24.5. The molecule has 0 rings (SSSR count). The van der Waals surface area contributed by atoms with Gasteiger partial charge < -0.3 is 15.3 Å². The molecule has 0 amide bonds. The largest absolute Gasteiger partial charge is 1.00 e. The first kappa shape index (κ1) is 15.8. The van der Waals surface area contributed by atoms with Gasteiger partial charge in [-0.05, 0) is 0 Å². The van der Waals surface area contributed by atoms with E-state index in [1.165, 1.54) is 0 Å². The molecule has 0 aliphatic heterocycles. The van der Waals surface area contributed by atoms with Crippen molar-refractivity contribution in [1.82, 2.24) is 0 Å². The van der Waals surface area contributed by atoms with Crippen molar-refractivity contribution in [3.05, 3.63) is 15.3 Å². The van der Waals surface area contributed by atoms with Gasteiger partial charge in [-0.15, -0.1) is 0 Å². The van der Waals surface area contributed by atoms with Gasteiger partial charge in [-0.25, -0.2) is 0 Å². The predicted molar refractivity (Wildman–Crippen MR) is 10.4 cm³/mol. The van der Waals surface area contributed by atoms with E-state index in [0.29, 0.717) is 0 Å². The van der Waals surface area contributed by atoms with E-state index >= 15 is 0 Å². The van der Waals surface area contributed by atoms with Crippen LogP contribution in [0.25, 0.3) is 0 Å². The minimum absolute atomic E-state index is 0. The third-order valence-electron chi connectivity index (χ3n) is 0. The van der Waals surface area contributed by atoms with Gasteiger partial charge in [0.1, 0.15) is 0 Å². The molecular weight excluding hydrogens is 282 g/mol. The molecule has 0 fully saturated rings. The molecule has 6 heavy (non-hydrogen) atoms. The van der Waals surface area contributed by atoms with Gasteiger partial charge in [0, 0.05) is 22.4 Å². The van der Waals surface area contributed by atoms with Crippen molar-refractivity contribution in [3.63, 3.8) is 0 Å². The quantitative estimate of drug-likeness (QED) is 0.266. The molecule has 0 spiro atoms. The zero-order valence-electron chi connectivity index (χ0n) is 2.97. The van der Waals surface area contributed by atoms with Gasteiger partial charge >= 0.3 is 29.6 Å². The molecule has 1 radical (unpaired) electrons. The predicted octanol–water partition coefficient (Wildman–Crippen LogP) is -3.24. The molecule has 4 nitrogen and oxygen atoms in total. The molecular formula is AuNNaO3. The average molecular weight is 282 g/mol. The standard InChI is InChI=1S/Au.NO3.Na/c;2-1(3)4;/q;-1;+1. The number of hydrogen-bond donors (Lipinski definition) is 0. The van der Waals surface area contributed by atoms with E-state index in [2.05, 4.69) is 0 Å². The molecule has 0 atom stereocenters. The van der Waals surface area contributed by atoms with Gasteiger partial charge in [0.25, 0.3) is 0 Å². The summed E-state index contributed by atoms with van der Waals surface area (Å²) in [6.07, 6.45) is 0. The Morgan fingerprint density at radius 2 is 1.33 bits per heavy atom. The minimum atomic E-state index is -1.75. The van der Waals surface area contributed by atoms with E-state index < -0.39 is 5.09 Å². The average Bonchev–Trinajstić information content (AvgIpc) is 0.811. The molecule has 35 valence electrons. The molecule has 0 aromatic carbocycles. The van der Waals surface area contributed by atoms with Gasteiger partial charge in [-0.3, -0.25) is 0 Å². The first-order chi connectivity index (χ1) is 1.73. The third-order valence-corrected chi connectivity index (χ3v) is 0. The van der Waals surface area contributed by atoms with Crippen LogP contribution in [0.3, 0.4) is 0 Å². The summed E-state index contributed by atoms with van der Waals surface area (Å²) in [5.41, 5.74) is 0. The summed E-state index contributed by atoms with van der Waals surface area (Å²) in [7, 11) is 0. The van der Waals surface area contributed by atoms with Crippen molar-refractivity contribution in [2.75, 3.05) is 0 Å². The minimum Gasteiger partial charge on any atom is -0.356 e. The van der Waals surface area contributed by atoms with Crippen molar-refractivity contribution in [1.29, 1.82) is 0 Å². The summed E-state index contributed by atoms with van der Waals surface area (Å²) >= 11 is 0. The maximum absolute atomic E-state index is 8.25. The van der Waals surface area contributed by atoms with Gasteiger partial charge in [0.05, 0.1) is 5.09 Å². The molecule has 0 aromatic heterocycles. The fourth-order valence-electron chi connectivity index (χ4n) is 0. The van der Waals surface area contributed by atoms with Crippen LogP contribution in [0.4, 0.5) is 0 Å². The number of hydrogen-bond acceptors (Lipinski definition) is 3. The molecule has 6 heteroatoms. The Morgan fingerprint density at radius 1 is 1.33 bits per heavy atom. The van der Waals surface area contributed by atoms with Crippen molar-refractivity contribution in [3.8, 4) is 0 Å². The molecule has 0 heterocycles. The zero-order chi connectivity index (χ0) is 3.58. The summed E-state index contributed by atoms with van der Waals surface area (Å²) in [6, 6.07) is 0. The second-order valence-corrected chi connectivity index (χ2v) is 0.224. The van der Waals surface area contributed by atoms with E-state index in [0.717, 1.165) is 0 Å². The van der Waals surface area contributed by atoms with E-state index in [1.54, 1.807) is 0 Å². The topological polar surface area (TPSA) is 66.2 Å². The maximum Gasteiger partial charge on any atom is 1.00 e. The summed E-state index contributed by atoms with van der Waals surface area (Å²) < 4.78 is 0. The van der Waals surface area contributed by atoms with Crippen molar-refractivity contribution >= 4 is 0 Å². The molecule has 0 aliphatic rings. The Bertz CT molecular complexity index is 33.8. The number of nitrogens with zero attached hydrogens (tertiary/aromatic N) is 1. The van der Waals surface area contributed by atoms with Crippen LogP contribution in [0.5, 0.6) is 0 Å². The van der Waals surface area contributed by atoms with Crippen LogP contribution in [-0.4, -0.2) is 5.09 Å². The van der Waals surface area contributed by atoms with Crippen LogP contribution in [0, 0.1) is 15.3 Å². The maximum atomic E-state index is 8.25. The van der Waals surface area contributed by atoms with Crippen LogP contribution in [0.1, 0.15) is 0 Å². The van der Waals surface area contributed by atoms with Crippen LogP contribution >= 0.6 is 0 Å². The molecule has 0 aromatic rings. The van der Waals surface area contributed by atoms with Gasteiger partial charge in [0.15, 0.2) is 0 Å². The van der Waals surface area contributed by atoms with E-state index in [9.17, 15) is 0 Å². The van der Waals surface area contributed by atoms with Crippen molar-refractivity contribution in [2.24, 2.45) is 0 Å². The number of rotatable bonds is 0. The molecule has 0 bridgehead atoms. The second-order valence-electron chi connectivity index (χ2n) is 0.224. The van der Waals surface area contributed by atoms with Gasteiger partial charge in [-0.1, -0.05) is 0 Å². The van der Waals surface area contributed by atoms with E-state index in [4.69, 9.17) is 15.3 Å². The normalized spacial score (nSPS) is 4.00. The smallest absolute Gasteiger partial charge is 0.356 e. The summed E-state index contributed by atoms with van der Waals surface area (Å²) in [4.78, 5) is 8.25. The second kappa shape index (κ2) is 9.34. The Hall–Kier alpha value is 0.940. The van der Waals surface area contributed by atoms with Crippen LogP contribution in [-0.2, 0) is 22.4 Å². The Labute approximate surface area is 71.8 Å². The van der Waals surface area contributed by atoms with Crippen molar-refractivity contribution in [2.45, 2.75) is 0 Å². The molecule has 0 unspecified atom stereocenters.